The Bertz CT molecular complexity index is 516. The lowest BCUT2D eigenvalue weighted by atomic mass is 10.1. The van der Waals surface area contributed by atoms with E-state index in [1.54, 1.807) is 6.20 Å². The average Bonchev–Trinajstić information content (AvgIpc) is 2.97. The van der Waals surface area contributed by atoms with Crippen molar-refractivity contribution < 1.29 is 4.42 Å². The van der Waals surface area contributed by atoms with E-state index in [4.69, 9.17) is 4.42 Å². The summed E-state index contributed by atoms with van der Waals surface area (Å²) in [7, 11) is 1.88. The van der Waals surface area contributed by atoms with Crippen LogP contribution in [0.3, 0.4) is 0 Å². The van der Waals surface area contributed by atoms with Gasteiger partial charge in [0.1, 0.15) is 0 Å². The number of rotatable bonds is 3. The first kappa shape index (κ1) is 10.5. The molecule has 1 aliphatic heterocycles. The van der Waals surface area contributed by atoms with Crippen molar-refractivity contribution in [2.75, 3.05) is 25.5 Å². The van der Waals surface area contributed by atoms with Crippen LogP contribution in [0, 0.1) is 5.92 Å². The first-order chi connectivity index (χ1) is 8.36. The van der Waals surface area contributed by atoms with E-state index in [2.05, 4.69) is 20.6 Å². The maximum atomic E-state index is 5.68. The smallest absolute Gasteiger partial charge is 0.249 e. The van der Waals surface area contributed by atoms with Crippen LogP contribution < -0.4 is 10.6 Å². The molecule has 0 spiro atoms. The zero-order chi connectivity index (χ0) is 11.7. The molecule has 3 rings (SSSR count). The van der Waals surface area contributed by atoms with Gasteiger partial charge in [-0.05, 0) is 31.5 Å². The summed E-state index contributed by atoms with van der Waals surface area (Å²) >= 11 is 0. The molecule has 3 heterocycles. The van der Waals surface area contributed by atoms with Gasteiger partial charge < -0.3 is 15.1 Å². The van der Waals surface area contributed by atoms with E-state index in [-0.39, 0.29) is 0 Å². The van der Waals surface area contributed by atoms with Crippen LogP contribution in [-0.4, -0.2) is 30.1 Å². The molecule has 5 nitrogen and oxygen atoms in total. The highest BCUT2D eigenvalue weighted by molar-refractivity contribution is 5.83. The molecule has 0 bridgehead atoms. The number of hydrogen-bond acceptors (Lipinski definition) is 5. The molecule has 90 valence electrons. The topological polar surface area (TPSA) is 63.0 Å². The van der Waals surface area contributed by atoms with Crippen molar-refractivity contribution in [3.63, 3.8) is 0 Å². The summed E-state index contributed by atoms with van der Waals surface area (Å²) in [6.45, 7) is 2.16. The highest BCUT2D eigenvalue weighted by atomic mass is 16.4. The minimum absolute atomic E-state index is 0.623. The number of nitrogens with one attached hydrogen (secondary N) is 2. The Balaban J connectivity index is 1.90. The molecule has 2 aromatic heterocycles. The number of oxazole rings is 1. The molecule has 5 heteroatoms. The average molecular weight is 232 g/mol. The van der Waals surface area contributed by atoms with Crippen molar-refractivity contribution in [1.29, 1.82) is 0 Å². The van der Waals surface area contributed by atoms with E-state index in [0.29, 0.717) is 11.6 Å². The number of pyridine rings is 1. The standard InChI is InChI=1S/C12H16N4O/c1-13-9-3-5-15-12-11(9)16-10(17-12)6-8-2-4-14-7-8/h3,5,8,14H,2,4,6-7H2,1H3,(H,13,15). The van der Waals surface area contributed by atoms with Crippen LogP contribution in [0.1, 0.15) is 12.3 Å². The minimum Gasteiger partial charge on any atom is -0.422 e. The van der Waals surface area contributed by atoms with Crippen LogP contribution in [0.5, 0.6) is 0 Å². The molecule has 0 aromatic carbocycles. The molecule has 17 heavy (non-hydrogen) atoms. The molecule has 0 radical (unpaired) electrons. The molecule has 2 N–H and O–H groups in total. The highest BCUT2D eigenvalue weighted by Crippen LogP contribution is 2.23. The van der Waals surface area contributed by atoms with Gasteiger partial charge in [0.2, 0.25) is 5.71 Å². The predicted molar refractivity (Wildman–Crippen MR) is 66.0 cm³/mol. The third-order valence-electron chi connectivity index (χ3n) is 3.24. The van der Waals surface area contributed by atoms with Gasteiger partial charge in [-0.15, -0.1) is 0 Å². The molecule has 1 aliphatic rings. The van der Waals surface area contributed by atoms with E-state index in [1.807, 2.05) is 13.1 Å². The second-order valence-corrected chi connectivity index (χ2v) is 4.43. The minimum atomic E-state index is 0.623. The van der Waals surface area contributed by atoms with E-state index >= 15 is 0 Å². The molecule has 1 saturated heterocycles. The molecule has 0 aliphatic carbocycles. The second kappa shape index (κ2) is 4.33. The zero-order valence-corrected chi connectivity index (χ0v) is 9.86. The van der Waals surface area contributed by atoms with E-state index < -0.39 is 0 Å². The molecule has 0 saturated carbocycles. The van der Waals surface area contributed by atoms with Crippen molar-refractivity contribution in [3.05, 3.63) is 18.2 Å². The Hall–Kier alpha value is -1.62. The lowest BCUT2D eigenvalue weighted by Gasteiger charge is -2.02. The fraction of sp³-hybridized carbons (Fsp3) is 0.500. The lowest BCUT2D eigenvalue weighted by molar-refractivity contribution is 0.458. The Kier molecular flexibility index (Phi) is 2.68. The number of aromatic nitrogens is 2. The Morgan fingerprint density at radius 3 is 3.29 bits per heavy atom. The predicted octanol–water partition coefficient (Wildman–Crippen LogP) is 1.42. The molecular formula is C12H16N4O. The number of anilines is 1. The molecule has 1 fully saturated rings. The van der Waals surface area contributed by atoms with Crippen LogP contribution >= 0.6 is 0 Å². The maximum absolute atomic E-state index is 5.68. The van der Waals surface area contributed by atoms with E-state index in [0.717, 1.165) is 36.6 Å². The van der Waals surface area contributed by atoms with E-state index in [9.17, 15) is 0 Å². The van der Waals surface area contributed by atoms with Crippen molar-refractivity contribution in [1.82, 2.24) is 15.3 Å². The first-order valence-electron chi connectivity index (χ1n) is 5.99. The van der Waals surface area contributed by atoms with Gasteiger partial charge in [0.05, 0.1) is 5.69 Å². The quantitative estimate of drug-likeness (QED) is 0.838. The Labute approximate surface area is 99.6 Å². The second-order valence-electron chi connectivity index (χ2n) is 4.43. The van der Waals surface area contributed by atoms with Crippen molar-refractivity contribution in [2.45, 2.75) is 12.8 Å². The summed E-state index contributed by atoms with van der Waals surface area (Å²) in [5.41, 5.74) is 2.42. The monoisotopic (exact) mass is 232 g/mol. The summed E-state index contributed by atoms with van der Waals surface area (Å²) in [5.74, 6) is 1.44. The highest BCUT2D eigenvalue weighted by Gasteiger charge is 2.18. The fourth-order valence-corrected chi connectivity index (χ4v) is 2.30. The lowest BCUT2D eigenvalue weighted by Crippen LogP contribution is -2.10. The van der Waals surface area contributed by atoms with E-state index in [1.165, 1.54) is 6.42 Å². The van der Waals surface area contributed by atoms with Crippen LogP contribution in [0.4, 0.5) is 5.69 Å². The van der Waals surface area contributed by atoms with Crippen molar-refractivity contribution in [3.8, 4) is 0 Å². The van der Waals surface area contributed by atoms with Crippen LogP contribution in [0.15, 0.2) is 16.7 Å². The van der Waals surface area contributed by atoms with Gasteiger partial charge in [-0.2, -0.15) is 0 Å². The van der Waals surface area contributed by atoms with Crippen molar-refractivity contribution in [2.24, 2.45) is 5.92 Å². The third-order valence-corrected chi connectivity index (χ3v) is 3.24. The van der Waals surface area contributed by atoms with Crippen molar-refractivity contribution >= 4 is 16.9 Å². The van der Waals surface area contributed by atoms with Gasteiger partial charge in [-0.3, -0.25) is 0 Å². The molecule has 2 aromatic rings. The van der Waals surface area contributed by atoms with Gasteiger partial charge >= 0.3 is 0 Å². The van der Waals surface area contributed by atoms with Crippen LogP contribution in [-0.2, 0) is 6.42 Å². The molecule has 1 unspecified atom stereocenters. The third kappa shape index (κ3) is 1.98. The summed E-state index contributed by atoms with van der Waals surface area (Å²) in [4.78, 5) is 8.73. The number of hydrogen-bond donors (Lipinski definition) is 2. The molecule has 0 amide bonds. The zero-order valence-electron chi connectivity index (χ0n) is 9.86. The first-order valence-corrected chi connectivity index (χ1v) is 5.99. The van der Waals surface area contributed by atoms with Crippen LogP contribution in [0.2, 0.25) is 0 Å². The van der Waals surface area contributed by atoms with Gasteiger partial charge in [-0.1, -0.05) is 0 Å². The molecule has 1 atom stereocenters. The largest absolute Gasteiger partial charge is 0.422 e. The summed E-state index contributed by atoms with van der Waals surface area (Å²) < 4.78 is 5.68. The summed E-state index contributed by atoms with van der Waals surface area (Å²) in [6, 6.07) is 1.91. The Morgan fingerprint density at radius 2 is 2.53 bits per heavy atom. The number of nitrogens with zero attached hydrogens (tertiary/aromatic N) is 2. The molecular weight excluding hydrogens is 216 g/mol. The Morgan fingerprint density at radius 1 is 1.59 bits per heavy atom. The van der Waals surface area contributed by atoms with Gasteiger partial charge in [0.15, 0.2) is 11.4 Å². The van der Waals surface area contributed by atoms with Crippen LogP contribution in [0.25, 0.3) is 11.2 Å². The van der Waals surface area contributed by atoms with Gasteiger partial charge in [-0.25, -0.2) is 9.97 Å². The number of fused-ring (bicyclic) bond motifs is 1. The fourth-order valence-electron chi connectivity index (χ4n) is 2.30. The summed E-state index contributed by atoms with van der Waals surface area (Å²) in [5, 5.41) is 6.45. The van der Waals surface area contributed by atoms with Gasteiger partial charge in [0, 0.05) is 19.7 Å². The SMILES string of the molecule is CNc1ccnc2oc(CC3CCNC3)nc12. The van der Waals surface area contributed by atoms with Gasteiger partial charge in [0.25, 0.3) is 0 Å². The maximum Gasteiger partial charge on any atom is 0.249 e. The normalized spacial score (nSPS) is 19.9. The summed E-state index contributed by atoms with van der Waals surface area (Å²) in [6.07, 6.45) is 3.83.